The minimum Gasteiger partial charge on any atom is -0.380 e. The van der Waals surface area contributed by atoms with Crippen molar-refractivity contribution in [2.45, 2.75) is 56.1 Å². The summed E-state index contributed by atoms with van der Waals surface area (Å²) in [4.78, 5) is 2.36. The first kappa shape index (κ1) is 15.4. The van der Waals surface area contributed by atoms with E-state index in [4.69, 9.17) is 4.74 Å². The van der Waals surface area contributed by atoms with Gasteiger partial charge in [-0.25, -0.2) is 13.1 Å². The van der Waals surface area contributed by atoms with Crippen LogP contribution in [-0.2, 0) is 21.3 Å². The number of nitrogens with one attached hydrogen (secondary N) is 2. The Morgan fingerprint density at radius 3 is 2.81 bits per heavy atom. The van der Waals surface area contributed by atoms with Crippen LogP contribution in [0.1, 0.15) is 35.4 Å². The molecule has 3 rings (SSSR count). The average molecular weight is 330 g/mol. The van der Waals surface area contributed by atoms with Crippen LogP contribution in [0.2, 0.25) is 0 Å². The van der Waals surface area contributed by atoms with Gasteiger partial charge < -0.3 is 10.1 Å². The maximum absolute atomic E-state index is 12.5. The molecule has 1 atom stereocenters. The lowest BCUT2D eigenvalue weighted by molar-refractivity contribution is 0.0774. The monoisotopic (exact) mass is 330 g/mol. The van der Waals surface area contributed by atoms with E-state index in [0.29, 0.717) is 17.5 Å². The van der Waals surface area contributed by atoms with Gasteiger partial charge >= 0.3 is 0 Å². The molecular weight excluding hydrogens is 308 g/mol. The Bertz CT molecular complexity index is 587. The van der Waals surface area contributed by atoms with Crippen LogP contribution in [0.25, 0.3) is 0 Å². The Balaban J connectivity index is 1.68. The lowest BCUT2D eigenvalue weighted by atomic mass is 10.1. The Kier molecular flexibility index (Phi) is 4.66. The number of rotatable bonds is 6. The minimum absolute atomic E-state index is 0.101. The van der Waals surface area contributed by atoms with Crippen molar-refractivity contribution in [3.8, 4) is 0 Å². The van der Waals surface area contributed by atoms with E-state index in [2.05, 4.69) is 10.0 Å². The third kappa shape index (κ3) is 4.04. The molecule has 1 aliphatic heterocycles. The standard InChI is InChI=1S/C14H22N2O3S2/c1-10-14(7-13(20-10)8-15-11-4-5-11)21(17,18)16-12-3-2-6-19-9-12/h7,11-12,15-16H,2-6,8-9H2,1H3. The first-order valence-electron chi connectivity index (χ1n) is 7.47. The molecule has 118 valence electrons. The fourth-order valence-electron chi connectivity index (χ4n) is 2.53. The predicted octanol–water partition coefficient (Wildman–Crippen LogP) is 1.77. The fourth-order valence-corrected chi connectivity index (χ4v) is 5.37. The zero-order chi connectivity index (χ0) is 14.9. The van der Waals surface area contributed by atoms with Gasteiger partial charge in [-0.05, 0) is 38.7 Å². The number of hydrogen-bond donors (Lipinski definition) is 2. The molecule has 0 aromatic carbocycles. The first-order chi connectivity index (χ1) is 10.0. The summed E-state index contributed by atoms with van der Waals surface area (Å²) in [5, 5.41) is 3.42. The van der Waals surface area contributed by atoms with Gasteiger partial charge in [-0.15, -0.1) is 11.3 Å². The third-order valence-electron chi connectivity index (χ3n) is 3.84. The van der Waals surface area contributed by atoms with Gasteiger partial charge in [-0.2, -0.15) is 0 Å². The molecule has 7 heteroatoms. The van der Waals surface area contributed by atoms with Crippen molar-refractivity contribution in [1.82, 2.24) is 10.0 Å². The second-order valence-electron chi connectivity index (χ2n) is 5.82. The van der Waals surface area contributed by atoms with E-state index in [1.54, 1.807) is 17.4 Å². The summed E-state index contributed by atoms with van der Waals surface area (Å²) in [5.41, 5.74) is 0. The van der Waals surface area contributed by atoms with Gasteiger partial charge in [0.25, 0.3) is 0 Å². The van der Waals surface area contributed by atoms with E-state index >= 15 is 0 Å². The topological polar surface area (TPSA) is 67.4 Å². The molecule has 2 heterocycles. The maximum Gasteiger partial charge on any atom is 0.242 e. The summed E-state index contributed by atoms with van der Waals surface area (Å²) < 4.78 is 33.1. The molecule has 0 spiro atoms. The number of sulfonamides is 1. The second kappa shape index (κ2) is 6.34. The smallest absolute Gasteiger partial charge is 0.242 e. The maximum atomic E-state index is 12.5. The van der Waals surface area contributed by atoms with Crippen molar-refractivity contribution < 1.29 is 13.2 Å². The Morgan fingerprint density at radius 2 is 2.14 bits per heavy atom. The normalized spacial score (nSPS) is 23.4. The van der Waals surface area contributed by atoms with Crippen LogP contribution in [0, 0.1) is 6.92 Å². The number of aryl methyl sites for hydroxylation is 1. The molecule has 21 heavy (non-hydrogen) atoms. The lowest BCUT2D eigenvalue weighted by Crippen LogP contribution is -2.40. The summed E-state index contributed by atoms with van der Waals surface area (Å²) in [6.45, 7) is 3.83. The highest BCUT2D eigenvalue weighted by molar-refractivity contribution is 7.89. The minimum atomic E-state index is -3.44. The van der Waals surface area contributed by atoms with Crippen molar-refractivity contribution in [2.75, 3.05) is 13.2 Å². The summed E-state index contributed by atoms with van der Waals surface area (Å²) in [5.74, 6) is 0. The van der Waals surface area contributed by atoms with E-state index < -0.39 is 10.0 Å². The van der Waals surface area contributed by atoms with Gasteiger partial charge in [-0.3, -0.25) is 0 Å². The molecule has 5 nitrogen and oxygen atoms in total. The van der Waals surface area contributed by atoms with Gasteiger partial charge in [0.2, 0.25) is 10.0 Å². The van der Waals surface area contributed by atoms with Crippen molar-refractivity contribution in [3.63, 3.8) is 0 Å². The number of hydrogen-bond acceptors (Lipinski definition) is 5. The molecule has 0 bridgehead atoms. The summed E-state index contributed by atoms with van der Waals surface area (Å²) in [6, 6.07) is 2.34. The van der Waals surface area contributed by atoms with E-state index in [1.165, 1.54) is 12.8 Å². The highest BCUT2D eigenvalue weighted by Gasteiger charge is 2.26. The van der Waals surface area contributed by atoms with Crippen LogP contribution in [-0.4, -0.2) is 33.7 Å². The summed E-state index contributed by atoms with van der Waals surface area (Å²) >= 11 is 1.56. The van der Waals surface area contributed by atoms with Crippen LogP contribution >= 0.6 is 11.3 Å². The van der Waals surface area contributed by atoms with Gasteiger partial charge in [-0.1, -0.05) is 0 Å². The van der Waals surface area contributed by atoms with Crippen LogP contribution in [0.15, 0.2) is 11.0 Å². The predicted molar refractivity (Wildman–Crippen MR) is 83.1 cm³/mol. The van der Waals surface area contributed by atoms with E-state index in [0.717, 1.165) is 35.7 Å². The molecule has 0 radical (unpaired) electrons. The quantitative estimate of drug-likeness (QED) is 0.834. The van der Waals surface area contributed by atoms with Crippen LogP contribution in [0.4, 0.5) is 0 Å². The van der Waals surface area contributed by atoms with Gasteiger partial charge in [0.05, 0.1) is 11.5 Å². The molecule has 0 amide bonds. The molecule has 2 fully saturated rings. The van der Waals surface area contributed by atoms with E-state index in [-0.39, 0.29) is 6.04 Å². The van der Waals surface area contributed by atoms with E-state index in [1.807, 2.05) is 6.92 Å². The van der Waals surface area contributed by atoms with Crippen molar-refractivity contribution in [2.24, 2.45) is 0 Å². The Labute approximate surface area is 130 Å². The third-order valence-corrected chi connectivity index (χ3v) is 6.66. The molecule has 1 aliphatic carbocycles. The van der Waals surface area contributed by atoms with Crippen LogP contribution < -0.4 is 10.0 Å². The number of thiophene rings is 1. The van der Waals surface area contributed by atoms with Crippen molar-refractivity contribution in [1.29, 1.82) is 0 Å². The zero-order valence-electron chi connectivity index (χ0n) is 12.2. The molecule has 1 unspecified atom stereocenters. The van der Waals surface area contributed by atoms with Gasteiger partial charge in [0.15, 0.2) is 0 Å². The summed E-state index contributed by atoms with van der Waals surface area (Å²) in [7, 11) is -3.44. The Morgan fingerprint density at radius 1 is 1.33 bits per heavy atom. The van der Waals surface area contributed by atoms with Gasteiger partial charge in [0.1, 0.15) is 0 Å². The lowest BCUT2D eigenvalue weighted by Gasteiger charge is -2.22. The van der Waals surface area contributed by atoms with E-state index in [9.17, 15) is 8.42 Å². The Hall–Kier alpha value is -0.470. The number of ether oxygens (including phenoxy) is 1. The largest absolute Gasteiger partial charge is 0.380 e. The molecule has 1 aromatic heterocycles. The summed E-state index contributed by atoms with van der Waals surface area (Å²) in [6.07, 6.45) is 4.22. The zero-order valence-corrected chi connectivity index (χ0v) is 13.9. The van der Waals surface area contributed by atoms with Crippen LogP contribution in [0.5, 0.6) is 0 Å². The second-order valence-corrected chi connectivity index (χ2v) is 8.85. The molecule has 2 N–H and O–H groups in total. The molecule has 1 saturated heterocycles. The molecular formula is C14H22N2O3S2. The highest BCUT2D eigenvalue weighted by atomic mass is 32.2. The van der Waals surface area contributed by atoms with Crippen LogP contribution in [0.3, 0.4) is 0 Å². The average Bonchev–Trinajstić information content (AvgIpc) is 3.19. The SMILES string of the molecule is Cc1sc(CNC2CC2)cc1S(=O)(=O)NC1CCCOC1. The fraction of sp³-hybridized carbons (Fsp3) is 0.714. The van der Waals surface area contributed by atoms with Gasteiger partial charge in [0, 0.05) is 35.0 Å². The van der Waals surface area contributed by atoms with Crippen molar-refractivity contribution >= 4 is 21.4 Å². The highest BCUT2D eigenvalue weighted by Crippen LogP contribution is 2.27. The molecule has 2 aliphatic rings. The molecule has 1 aromatic rings. The first-order valence-corrected chi connectivity index (χ1v) is 9.77. The molecule has 1 saturated carbocycles. The van der Waals surface area contributed by atoms with Crippen molar-refractivity contribution in [3.05, 3.63) is 15.8 Å².